The fourth-order valence-electron chi connectivity index (χ4n) is 7.29. The van der Waals surface area contributed by atoms with Crippen LogP contribution >= 0.6 is 11.6 Å². The van der Waals surface area contributed by atoms with Crippen molar-refractivity contribution in [3.05, 3.63) is 29.1 Å². The zero-order valence-corrected chi connectivity index (χ0v) is 18.2. The minimum Gasteiger partial charge on any atom is -0.432 e. The molecule has 1 amide bonds. The van der Waals surface area contributed by atoms with Gasteiger partial charge in [0, 0.05) is 17.5 Å². The fourth-order valence-corrected chi connectivity index (χ4v) is 7.39. The van der Waals surface area contributed by atoms with Crippen molar-refractivity contribution in [3.8, 4) is 5.88 Å². The first-order chi connectivity index (χ1) is 13.8. The Bertz CT molecular complexity index is 856. The molecule has 1 N–H and O–H groups in total. The number of halogens is 1. The molecular weight excluding hydrogens is 386 g/mol. The average molecular weight is 416 g/mol. The van der Waals surface area contributed by atoms with E-state index in [1.54, 1.807) is 12.1 Å². The molecular formula is C23H30ClN3O2. The molecule has 6 heteroatoms. The van der Waals surface area contributed by atoms with Crippen molar-refractivity contribution >= 4 is 17.5 Å². The first-order valence-corrected chi connectivity index (χ1v) is 11.4. The number of ether oxygens (including phenoxy) is 1. The summed E-state index contributed by atoms with van der Waals surface area (Å²) in [5.41, 5.74) is 0.419. The molecule has 0 spiro atoms. The lowest BCUT2D eigenvalue weighted by atomic mass is 9.46. The van der Waals surface area contributed by atoms with Gasteiger partial charge in [0.1, 0.15) is 0 Å². The van der Waals surface area contributed by atoms with Gasteiger partial charge in [0.05, 0.1) is 0 Å². The number of amides is 1. The number of aromatic nitrogens is 2. The summed E-state index contributed by atoms with van der Waals surface area (Å²) in [5.74, 6) is 3.23. The summed E-state index contributed by atoms with van der Waals surface area (Å²) < 4.78 is 5.87. The minimum absolute atomic E-state index is 0.0931. The Morgan fingerprint density at radius 3 is 2.76 bits per heavy atom. The highest BCUT2D eigenvalue weighted by Gasteiger charge is 2.60. The molecule has 7 atom stereocenters. The number of rotatable bonds is 2. The Morgan fingerprint density at radius 1 is 1.17 bits per heavy atom. The molecule has 0 aromatic carbocycles. The van der Waals surface area contributed by atoms with E-state index in [0.29, 0.717) is 34.0 Å². The van der Waals surface area contributed by atoms with Crippen LogP contribution in [0.15, 0.2) is 24.0 Å². The van der Waals surface area contributed by atoms with E-state index in [1.807, 2.05) is 0 Å². The third kappa shape index (κ3) is 2.99. The number of hydrogen-bond donors (Lipinski definition) is 1. The van der Waals surface area contributed by atoms with Gasteiger partial charge < -0.3 is 10.1 Å². The van der Waals surface area contributed by atoms with E-state index in [9.17, 15) is 4.79 Å². The maximum Gasteiger partial charge on any atom is 0.287 e. The van der Waals surface area contributed by atoms with Crippen LogP contribution in [0.25, 0.3) is 0 Å². The number of nitrogens with zero attached hydrogens (tertiary/aromatic N) is 2. The standard InChI is InChI=1S/C23H30ClN3O2/c1-13-11-17-23(3,15-8-10-22(2)9-4-5-14(22)20(13)15)12-16(21(28)25-17)29-19-7-6-18(24)26-27-19/h6-7,12-15,17,20H,4-5,8-11H2,1-3H3,(H,25,28)/t13-,14-,15-,17+,20-,22-,23+/m0/s1. The van der Waals surface area contributed by atoms with Gasteiger partial charge in [-0.2, -0.15) is 0 Å². The van der Waals surface area contributed by atoms with Gasteiger partial charge in [0.15, 0.2) is 10.9 Å². The highest BCUT2D eigenvalue weighted by Crippen LogP contribution is 2.64. The van der Waals surface area contributed by atoms with Crippen LogP contribution in [0.1, 0.15) is 59.3 Å². The molecule has 0 unspecified atom stereocenters. The van der Waals surface area contributed by atoms with Gasteiger partial charge in [-0.1, -0.05) is 38.8 Å². The van der Waals surface area contributed by atoms with Crippen LogP contribution in [0.5, 0.6) is 5.88 Å². The smallest absolute Gasteiger partial charge is 0.287 e. The predicted octanol–water partition coefficient (Wildman–Crippen LogP) is 4.77. The summed E-state index contributed by atoms with van der Waals surface area (Å²) in [6, 6.07) is 3.44. The van der Waals surface area contributed by atoms with E-state index in [-0.39, 0.29) is 17.4 Å². The van der Waals surface area contributed by atoms with Gasteiger partial charge in [-0.25, -0.2) is 0 Å². The Kier molecular flexibility index (Phi) is 4.47. The summed E-state index contributed by atoms with van der Waals surface area (Å²) >= 11 is 5.82. The molecule has 5 rings (SSSR count). The summed E-state index contributed by atoms with van der Waals surface area (Å²) in [6.07, 6.45) is 9.79. The van der Waals surface area contributed by atoms with Crippen LogP contribution in [-0.4, -0.2) is 22.1 Å². The Balaban J connectivity index is 1.49. The second kappa shape index (κ2) is 6.69. The molecule has 2 heterocycles. The maximum atomic E-state index is 12.8. The van der Waals surface area contributed by atoms with E-state index < -0.39 is 0 Å². The normalized spacial score (nSPS) is 43.5. The van der Waals surface area contributed by atoms with Crippen molar-refractivity contribution in [3.63, 3.8) is 0 Å². The monoisotopic (exact) mass is 415 g/mol. The topological polar surface area (TPSA) is 64.1 Å². The minimum atomic E-state index is -0.156. The molecule has 0 bridgehead atoms. The highest BCUT2D eigenvalue weighted by atomic mass is 35.5. The zero-order chi connectivity index (χ0) is 20.4. The van der Waals surface area contributed by atoms with E-state index in [1.165, 1.54) is 32.1 Å². The van der Waals surface area contributed by atoms with Crippen molar-refractivity contribution in [1.82, 2.24) is 15.5 Å². The van der Waals surface area contributed by atoms with Crippen LogP contribution in [0.3, 0.4) is 0 Å². The van der Waals surface area contributed by atoms with Crippen molar-refractivity contribution in [1.29, 1.82) is 0 Å². The molecule has 3 fully saturated rings. The van der Waals surface area contributed by atoms with Crippen molar-refractivity contribution < 1.29 is 9.53 Å². The third-order valence-electron chi connectivity index (χ3n) is 8.72. The molecule has 0 radical (unpaired) electrons. The molecule has 4 aliphatic rings. The van der Waals surface area contributed by atoms with Gasteiger partial charge in [-0.3, -0.25) is 4.79 Å². The van der Waals surface area contributed by atoms with E-state index in [2.05, 4.69) is 42.4 Å². The molecule has 1 aliphatic heterocycles. The van der Waals surface area contributed by atoms with Gasteiger partial charge in [0.2, 0.25) is 5.88 Å². The Labute approximate surface area is 177 Å². The average Bonchev–Trinajstić information content (AvgIpc) is 3.07. The second-order valence-corrected chi connectivity index (χ2v) is 10.7. The molecule has 0 saturated heterocycles. The SMILES string of the molecule is C[C@H]1C[C@H]2NC(=O)C(Oc3ccc(Cl)nn3)=C[C@]2(C)[C@H]2CC[C@]3(C)CCC[C@H]3[C@H]12. The first kappa shape index (κ1) is 19.3. The van der Waals surface area contributed by atoms with Gasteiger partial charge in [-0.05, 0) is 73.3 Å². The van der Waals surface area contributed by atoms with Crippen LogP contribution < -0.4 is 10.1 Å². The lowest BCUT2D eigenvalue weighted by Gasteiger charge is -2.60. The molecule has 3 aliphatic carbocycles. The Morgan fingerprint density at radius 2 is 2.00 bits per heavy atom. The molecule has 5 nitrogen and oxygen atoms in total. The first-order valence-electron chi connectivity index (χ1n) is 11.0. The number of carbonyl (C=O) groups is 1. The Hall–Kier alpha value is -1.62. The number of nitrogens with one attached hydrogen (secondary N) is 1. The van der Waals surface area contributed by atoms with Crippen LogP contribution in [0.4, 0.5) is 0 Å². The lowest BCUT2D eigenvalue weighted by Crippen LogP contribution is -2.62. The molecule has 1 aromatic rings. The fraction of sp³-hybridized carbons (Fsp3) is 0.696. The number of hydrogen-bond acceptors (Lipinski definition) is 4. The molecule has 1 aromatic heterocycles. The summed E-state index contributed by atoms with van der Waals surface area (Å²) in [7, 11) is 0. The largest absolute Gasteiger partial charge is 0.432 e. The summed E-state index contributed by atoms with van der Waals surface area (Å²) in [4.78, 5) is 12.8. The zero-order valence-electron chi connectivity index (χ0n) is 17.5. The van der Waals surface area contributed by atoms with Crippen molar-refractivity contribution in [2.24, 2.45) is 34.5 Å². The number of carbonyl (C=O) groups excluding carboxylic acids is 1. The van der Waals surface area contributed by atoms with Crippen LogP contribution in [-0.2, 0) is 4.79 Å². The van der Waals surface area contributed by atoms with E-state index in [4.69, 9.17) is 16.3 Å². The maximum absolute atomic E-state index is 12.8. The van der Waals surface area contributed by atoms with Crippen LogP contribution in [0, 0.1) is 34.5 Å². The summed E-state index contributed by atoms with van der Waals surface area (Å²) in [5, 5.41) is 11.3. The third-order valence-corrected chi connectivity index (χ3v) is 8.92. The highest BCUT2D eigenvalue weighted by molar-refractivity contribution is 6.29. The van der Waals surface area contributed by atoms with Crippen molar-refractivity contribution in [2.45, 2.75) is 65.3 Å². The predicted molar refractivity (Wildman–Crippen MR) is 111 cm³/mol. The van der Waals surface area contributed by atoms with Crippen molar-refractivity contribution in [2.75, 3.05) is 0 Å². The van der Waals surface area contributed by atoms with Gasteiger partial charge in [0.25, 0.3) is 5.91 Å². The van der Waals surface area contributed by atoms with E-state index >= 15 is 0 Å². The van der Waals surface area contributed by atoms with Gasteiger partial charge in [-0.15, -0.1) is 10.2 Å². The molecule has 29 heavy (non-hydrogen) atoms. The molecule has 156 valence electrons. The second-order valence-electron chi connectivity index (χ2n) is 10.3. The number of fused-ring (bicyclic) bond motifs is 5. The summed E-state index contributed by atoms with van der Waals surface area (Å²) in [6.45, 7) is 7.26. The quantitative estimate of drug-likeness (QED) is 0.755. The molecule has 3 saturated carbocycles. The van der Waals surface area contributed by atoms with E-state index in [0.717, 1.165) is 18.3 Å². The lowest BCUT2D eigenvalue weighted by molar-refractivity contribution is -0.128. The van der Waals surface area contributed by atoms with Gasteiger partial charge >= 0.3 is 0 Å². The van der Waals surface area contributed by atoms with Crippen LogP contribution in [0.2, 0.25) is 5.15 Å².